The molecular weight excluding hydrogens is 308 g/mol. The number of methoxy groups -OCH3 is 2. The molecule has 0 aliphatic carbocycles. The smallest absolute Gasteiger partial charge is 0.188 e. The van der Waals surface area contributed by atoms with Gasteiger partial charge in [0.1, 0.15) is 11.5 Å². The highest BCUT2D eigenvalue weighted by atomic mass is 35.5. The van der Waals surface area contributed by atoms with Gasteiger partial charge in [0.2, 0.25) is 0 Å². The Morgan fingerprint density at radius 3 is 2.71 bits per heavy atom. The standard InChI is InChI=1S/C15H13ClN2O2S/c1-19-10-4-5-13(20-2)11(8-10)17-15-18-12-7-9(16)3-6-14(12)21-15/h3-8H,1-2H3,(H,17,18). The number of anilines is 2. The van der Waals surface area contributed by atoms with E-state index in [4.69, 9.17) is 21.1 Å². The second kappa shape index (κ2) is 5.79. The fourth-order valence-corrected chi connectivity index (χ4v) is 3.01. The lowest BCUT2D eigenvalue weighted by molar-refractivity contribution is 0.405. The Labute approximate surface area is 131 Å². The third-order valence-electron chi connectivity index (χ3n) is 3.00. The number of nitrogens with zero attached hydrogens (tertiary/aromatic N) is 1. The number of halogens is 1. The van der Waals surface area contributed by atoms with Crippen LogP contribution in [0.3, 0.4) is 0 Å². The number of thiazole rings is 1. The van der Waals surface area contributed by atoms with Crippen LogP contribution in [0.25, 0.3) is 10.2 Å². The van der Waals surface area contributed by atoms with E-state index in [1.807, 2.05) is 36.4 Å². The second-order valence-corrected chi connectivity index (χ2v) is 5.79. The van der Waals surface area contributed by atoms with E-state index in [0.29, 0.717) is 5.02 Å². The van der Waals surface area contributed by atoms with E-state index in [1.54, 1.807) is 25.6 Å². The Hall–Kier alpha value is -1.98. The van der Waals surface area contributed by atoms with Crippen LogP contribution < -0.4 is 14.8 Å². The fraction of sp³-hybridized carbons (Fsp3) is 0.133. The Balaban J connectivity index is 1.97. The van der Waals surface area contributed by atoms with Crippen molar-refractivity contribution >= 4 is 44.0 Å². The first-order valence-corrected chi connectivity index (χ1v) is 7.44. The zero-order valence-corrected chi connectivity index (χ0v) is 13.1. The molecule has 6 heteroatoms. The molecule has 1 N–H and O–H groups in total. The van der Waals surface area contributed by atoms with Gasteiger partial charge in [-0.2, -0.15) is 0 Å². The van der Waals surface area contributed by atoms with E-state index in [-0.39, 0.29) is 0 Å². The maximum atomic E-state index is 5.98. The molecule has 0 amide bonds. The molecule has 21 heavy (non-hydrogen) atoms. The van der Waals surface area contributed by atoms with Gasteiger partial charge in [0.25, 0.3) is 0 Å². The molecule has 108 valence electrons. The third-order valence-corrected chi connectivity index (χ3v) is 4.18. The van der Waals surface area contributed by atoms with Gasteiger partial charge in [0, 0.05) is 11.1 Å². The highest BCUT2D eigenvalue weighted by Crippen LogP contribution is 2.35. The number of hydrogen-bond donors (Lipinski definition) is 1. The minimum absolute atomic E-state index is 0.679. The highest BCUT2D eigenvalue weighted by Gasteiger charge is 2.09. The van der Waals surface area contributed by atoms with Crippen molar-refractivity contribution in [2.24, 2.45) is 0 Å². The number of benzene rings is 2. The van der Waals surface area contributed by atoms with Gasteiger partial charge in [0.15, 0.2) is 5.13 Å². The van der Waals surface area contributed by atoms with Crippen LogP contribution in [0.2, 0.25) is 5.02 Å². The monoisotopic (exact) mass is 320 g/mol. The molecule has 0 fully saturated rings. The molecule has 1 heterocycles. The van der Waals surface area contributed by atoms with Crippen LogP contribution in [0.1, 0.15) is 0 Å². The quantitative estimate of drug-likeness (QED) is 0.756. The normalized spacial score (nSPS) is 10.6. The zero-order chi connectivity index (χ0) is 14.8. The Morgan fingerprint density at radius 1 is 1.10 bits per heavy atom. The molecule has 1 aromatic heterocycles. The van der Waals surface area contributed by atoms with Crippen LogP contribution in [0.4, 0.5) is 10.8 Å². The average Bonchev–Trinajstić information content (AvgIpc) is 2.88. The average molecular weight is 321 g/mol. The molecule has 0 unspecified atom stereocenters. The van der Waals surface area contributed by atoms with Gasteiger partial charge < -0.3 is 14.8 Å². The van der Waals surface area contributed by atoms with Crippen molar-refractivity contribution in [3.05, 3.63) is 41.4 Å². The van der Waals surface area contributed by atoms with Gasteiger partial charge in [0.05, 0.1) is 30.1 Å². The molecule has 3 rings (SSSR count). The van der Waals surface area contributed by atoms with Gasteiger partial charge in [-0.25, -0.2) is 4.98 Å². The summed E-state index contributed by atoms with van der Waals surface area (Å²) in [6.07, 6.45) is 0. The van der Waals surface area contributed by atoms with Gasteiger partial charge in [-0.3, -0.25) is 0 Å². The summed E-state index contributed by atoms with van der Waals surface area (Å²) >= 11 is 7.54. The van der Waals surface area contributed by atoms with Crippen LogP contribution >= 0.6 is 22.9 Å². The van der Waals surface area contributed by atoms with Crippen LogP contribution in [0.15, 0.2) is 36.4 Å². The summed E-state index contributed by atoms with van der Waals surface area (Å²) in [6, 6.07) is 11.2. The van der Waals surface area contributed by atoms with Crippen LogP contribution in [0.5, 0.6) is 11.5 Å². The predicted molar refractivity (Wildman–Crippen MR) is 87.5 cm³/mol. The van der Waals surface area contributed by atoms with Gasteiger partial charge in [-0.1, -0.05) is 22.9 Å². The van der Waals surface area contributed by atoms with Crippen LogP contribution in [-0.4, -0.2) is 19.2 Å². The van der Waals surface area contributed by atoms with E-state index in [1.165, 1.54) is 0 Å². The van der Waals surface area contributed by atoms with E-state index >= 15 is 0 Å². The molecule has 0 radical (unpaired) electrons. The van der Waals surface area contributed by atoms with Crippen LogP contribution in [-0.2, 0) is 0 Å². The largest absolute Gasteiger partial charge is 0.497 e. The molecule has 0 atom stereocenters. The summed E-state index contributed by atoms with van der Waals surface area (Å²) in [5.41, 5.74) is 1.68. The van der Waals surface area contributed by atoms with Crippen molar-refractivity contribution in [1.82, 2.24) is 4.98 Å². The maximum Gasteiger partial charge on any atom is 0.188 e. The molecule has 3 aromatic rings. The zero-order valence-electron chi connectivity index (χ0n) is 11.5. The van der Waals surface area contributed by atoms with E-state index in [0.717, 1.165) is 32.5 Å². The van der Waals surface area contributed by atoms with Crippen molar-refractivity contribution in [2.75, 3.05) is 19.5 Å². The minimum Gasteiger partial charge on any atom is -0.497 e. The molecule has 0 bridgehead atoms. The van der Waals surface area contributed by atoms with Gasteiger partial charge >= 0.3 is 0 Å². The number of nitrogens with one attached hydrogen (secondary N) is 1. The Bertz CT molecular complexity index is 788. The summed E-state index contributed by atoms with van der Waals surface area (Å²) in [5, 5.41) is 4.72. The Kier molecular flexibility index (Phi) is 3.86. The second-order valence-electron chi connectivity index (χ2n) is 4.32. The first-order chi connectivity index (χ1) is 10.2. The van der Waals surface area contributed by atoms with Gasteiger partial charge in [-0.05, 0) is 30.3 Å². The first-order valence-electron chi connectivity index (χ1n) is 6.25. The number of aromatic nitrogens is 1. The Morgan fingerprint density at radius 2 is 1.95 bits per heavy atom. The van der Waals surface area contributed by atoms with E-state index in [9.17, 15) is 0 Å². The third kappa shape index (κ3) is 2.89. The van der Waals surface area contributed by atoms with Crippen molar-refractivity contribution in [3.63, 3.8) is 0 Å². The fourth-order valence-electron chi connectivity index (χ4n) is 1.98. The molecule has 4 nitrogen and oxygen atoms in total. The summed E-state index contributed by atoms with van der Waals surface area (Å²) in [4.78, 5) is 4.53. The molecular formula is C15H13ClN2O2S. The highest BCUT2D eigenvalue weighted by molar-refractivity contribution is 7.22. The van der Waals surface area contributed by atoms with Crippen LogP contribution in [0, 0.1) is 0 Å². The first kappa shape index (κ1) is 14.0. The number of rotatable bonds is 4. The van der Waals surface area contributed by atoms with Crippen molar-refractivity contribution in [1.29, 1.82) is 0 Å². The van der Waals surface area contributed by atoms with Crippen molar-refractivity contribution in [3.8, 4) is 11.5 Å². The molecule has 2 aromatic carbocycles. The SMILES string of the molecule is COc1ccc(OC)c(Nc2nc3cc(Cl)ccc3s2)c1. The molecule has 0 aliphatic rings. The molecule has 0 saturated carbocycles. The van der Waals surface area contributed by atoms with E-state index in [2.05, 4.69) is 10.3 Å². The number of hydrogen-bond acceptors (Lipinski definition) is 5. The lowest BCUT2D eigenvalue weighted by Gasteiger charge is -2.10. The van der Waals surface area contributed by atoms with Crippen molar-refractivity contribution in [2.45, 2.75) is 0 Å². The lowest BCUT2D eigenvalue weighted by atomic mass is 10.2. The summed E-state index contributed by atoms with van der Waals surface area (Å²) < 4.78 is 11.7. The summed E-state index contributed by atoms with van der Waals surface area (Å²) in [6.45, 7) is 0. The van der Waals surface area contributed by atoms with E-state index < -0.39 is 0 Å². The van der Waals surface area contributed by atoms with Gasteiger partial charge in [-0.15, -0.1) is 0 Å². The maximum absolute atomic E-state index is 5.98. The number of ether oxygens (including phenoxy) is 2. The summed E-state index contributed by atoms with van der Waals surface area (Å²) in [5.74, 6) is 1.48. The minimum atomic E-state index is 0.679. The molecule has 0 spiro atoms. The topological polar surface area (TPSA) is 43.4 Å². The molecule has 0 saturated heterocycles. The lowest BCUT2D eigenvalue weighted by Crippen LogP contribution is -1.95. The number of fused-ring (bicyclic) bond motifs is 1. The predicted octanol–water partition coefficient (Wildman–Crippen LogP) is 4.71. The van der Waals surface area contributed by atoms with Crippen molar-refractivity contribution < 1.29 is 9.47 Å². The molecule has 0 aliphatic heterocycles. The summed E-state index contributed by atoms with van der Waals surface area (Å²) in [7, 11) is 3.26.